The van der Waals surface area contributed by atoms with E-state index in [4.69, 9.17) is 15.2 Å². The Labute approximate surface area is 120 Å². The highest BCUT2D eigenvalue weighted by molar-refractivity contribution is 5.90. The van der Waals surface area contributed by atoms with Gasteiger partial charge < -0.3 is 15.2 Å². The number of anilines is 1. The molecule has 1 fully saturated rings. The van der Waals surface area contributed by atoms with Gasteiger partial charge in [0, 0.05) is 12.1 Å². The summed E-state index contributed by atoms with van der Waals surface area (Å²) in [6.07, 6.45) is 0.447. The van der Waals surface area contributed by atoms with Gasteiger partial charge in [-0.15, -0.1) is 0 Å². The van der Waals surface area contributed by atoms with Gasteiger partial charge in [-0.05, 0) is 58.4 Å². The third kappa shape index (κ3) is 2.96. The van der Waals surface area contributed by atoms with Gasteiger partial charge in [0.25, 0.3) is 0 Å². The molecule has 1 aromatic carbocycles. The highest BCUT2D eigenvalue weighted by Gasteiger charge is 2.48. The Balaban J connectivity index is 2.14. The molecular formula is C16H23NO3. The smallest absolute Gasteiger partial charge is 0.338 e. The zero-order valence-electron chi connectivity index (χ0n) is 12.8. The number of hydrogen-bond donors (Lipinski definition) is 1. The Morgan fingerprint density at radius 3 is 2.50 bits per heavy atom. The van der Waals surface area contributed by atoms with E-state index in [-0.39, 0.29) is 17.7 Å². The van der Waals surface area contributed by atoms with E-state index < -0.39 is 5.60 Å². The van der Waals surface area contributed by atoms with Gasteiger partial charge in [0.15, 0.2) is 0 Å². The second kappa shape index (κ2) is 4.77. The van der Waals surface area contributed by atoms with Crippen molar-refractivity contribution in [3.05, 3.63) is 29.3 Å². The van der Waals surface area contributed by atoms with Gasteiger partial charge in [0.1, 0.15) is 11.7 Å². The standard InChI is InChI=1S/C16H23NO3/c1-10-8-11(6-7-12(10)17)14(18)19-13-9-15(2,3)20-16(13,4)5/h6-8,13H,9,17H2,1-5H3. The van der Waals surface area contributed by atoms with Crippen molar-refractivity contribution in [3.8, 4) is 0 Å². The van der Waals surface area contributed by atoms with Crippen molar-refractivity contribution >= 4 is 11.7 Å². The molecule has 2 N–H and O–H groups in total. The fraction of sp³-hybridized carbons (Fsp3) is 0.562. The number of aryl methyl sites for hydroxylation is 1. The Morgan fingerprint density at radius 2 is 2.00 bits per heavy atom. The first-order valence-corrected chi connectivity index (χ1v) is 6.88. The van der Waals surface area contributed by atoms with Gasteiger partial charge in [0.2, 0.25) is 0 Å². The highest BCUT2D eigenvalue weighted by atomic mass is 16.6. The summed E-state index contributed by atoms with van der Waals surface area (Å²) in [6.45, 7) is 9.80. The third-order valence-electron chi connectivity index (χ3n) is 3.75. The Bertz CT molecular complexity index is 535. The zero-order chi connectivity index (χ0) is 15.1. The number of hydrogen-bond acceptors (Lipinski definition) is 4. The molecule has 1 heterocycles. The van der Waals surface area contributed by atoms with Crippen LogP contribution in [0.5, 0.6) is 0 Å². The molecule has 1 aliphatic heterocycles. The predicted molar refractivity (Wildman–Crippen MR) is 78.7 cm³/mol. The Morgan fingerprint density at radius 1 is 1.35 bits per heavy atom. The number of rotatable bonds is 2. The van der Waals surface area contributed by atoms with Crippen molar-refractivity contribution in [1.82, 2.24) is 0 Å². The van der Waals surface area contributed by atoms with E-state index in [2.05, 4.69) is 0 Å². The largest absolute Gasteiger partial charge is 0.456 e. The second-order valence-corrected chi connectivity index (χ2v) is 6.63. The number of carbonyl (C=O) groups is 1. The molecule has 1 aliphatic rings. The van der Waals surface area contributed by atoms with E-state index in [1.54, 1.807) is 18.2 Å². The van der Waals surface area contributed by atoms with Gasteiger partial charge in [-0.1, -0.05) is 0 Å². The summed E-state index contributed by atoms with van der Waals surface area (Å²) >= 11 is 0. The van der Waals surface area contributed by atoms with Crippen LogP contribution in [0.15, 0.2) is 18.2 Å². The predicted octanol–water partition coefficient (Wildman–Crippen LogP) is 3.08. The van der Waals surface area contributed by atoms with E-state index in [0.29, 0.717) is 17.7 Å². The van der Waals surface area contributed by atoms with Crippen LogP contribution < -0.4 is 5.73 Å². The molecule has 4 nitrogen and oxygen atoms in total. The maximum atomic E-state index is 12.2. The van der Waals surface area contributed by atoms with Crippen molar-refractivity contribution < 1.29 is 14.3 Å². The van der Waals surface area contributed by atoms with Gasteiger partial charge in [-0.25, -0.2) is 4.79 Å². The molecule has 0 amide bonds. The lowest BCUT2D eigenvalue weighted by Crippen LogP contribution is -2.36. The molecule has 0 aliphatic carbocycles. The molecule has 1 saturated heterocycles. The molecule has 0 saturated carbocycles. The van der Waals surface area contributed by atoms with Crippen LogP contribution in [0.2, 0.25) is 0 Å². The molecule has 0 bridgehead atoms. The number of nitrogens with two attached hydrogens (primary N) is 1. The van der Waals surface area contributed by atoms with Gasteiger partial charge in [0.05, 0.1) is 11.2 Å². The number of carbonyl (C=O) groups excluding carboxylic acids is 1. The molecule has 20 heavy (non-hydrogen) atoms. The van der Waals surface area contributed by atoms with Crippen LogP contribution in [0.4, 0.5) is 5.69 Å². The lowest BCUT2D eigenvalue weighted by molar-refractivity contribution is -0.0924. The van der Waals surface area contributed by atoms with Crippen molar-refractivity contribution in [2.24, 2.45) is 0 Å². The van der Waals surface area contributed by atoms with Crippen molar-refractivity contribution in [3.63, 3.8) is 0 Å². The normalized spacial score (nSPS) is 23.6. The molecule has 1 atom stereocenters. The summed E-state index contributed by atoms with van der Waals surface area (Å²) in [6, 6.07) is 5.18. The van der Waals surface area contributed by atoms with Crippen molar-refractivity contribution in [2.75, 3.05) is 5.73 Å². The Hall–Kier alpha value is -1.55. The lowest BCUT2D eigenvalue weighted by atomic mass is 9.97. The Kier molecular flexibility index (Phi) is 3.54. The van der Waals surface area contributed by atoms with E-state index in [1.807, 2.05) is 34.6 Å². The average Bonchev–Trinajstić information content (AvgIpc) is 2.50. The van der Waals surface area contributed by atoms with Crippen molar-refractivity contribution in [1.29, 1.82) is 0 Å². The van der Waals surface area contributed by atoms with Crippen LogP contribution in [-0.2, 0) is 9.47 Å². The summed E-state index contributed by atoms with van der Waals surface area (Å²) in [5.74, 6) is -0.326. The van der Waals surface area contributed by atoms with Crippen LogP contribution in [0.3, 0.4) is 0 Å². The SMILES string of the molecule is Cc1cc(C(=O)OC2CC(C)(C)OC2(C)C)ccc1N. The van der Waals surface area contributed by atoms with Gasteiger partial charge >= 0.3 is 5.97 Å². The number of esters is 1. The maximum Gasteiger partial charge on any atom is 0.338 e. The fourth-order valence-electron chi connectivity index (χ4n) is 2.70. The van der Waals surface area contributed by atoms with Crippen LogP contribution in [0.25, 0.3) is 0 Å². The first-order valence-electron chi connectivity index (χ1n) is 6.88. The topological polar surface area (TPSA) is 61.5 Å². The molecule has 110 valence electrons. The summed E-state index contributed by atoms with van der Waals surface area (Å²) in [7, 11) is 0. The van der Waals surface area contributed by atoms with E-state index in [1.165, 1.54) is 0 Å². The monoisotopic (exact) mass is 277 g/mol. The van der Waals surface area contributed by atoms with Gasteiger partial charge in [-0.2, -0.15) is 0 Å². The minimum Gasteiger partial charge on any atom is -0.456 e. The quantitative estimate of drug-likeness (QED) is 0.666. The van der Waals surface area contributed by atoms with E-state index >= 15 is 0 Å². The van der Waals surface area contributed by atoms with Crippen LogP contribution >= 0.6 is 0 Å². The molecule has 1 aromatic rings. The molecule has 1 unspecified atom stereocenters. The second-order valence-electron chi connectivity index (χ2n) is 6.63. The van der Waals surface area contributed by atoms with E-state index in [9.17, 15) is 4.79 Å². The highest BCUT2D eigenvalue weighted by Crippen LogP contribution is 2.39. The maximum absolute atomic E-state index is 12.2. The van der Waals surface area contributed by atoms with Crippen LogP contribution in [-0.4, -0.2) is 23.3 Å². The molecule has 0 radical (unpaired) electrons. The number of ether oxygens (including phenoxy) is 2. The fourth-order valence-corrected chi connectivity index (χ4v) is 2.70. The molecular weight excluding hydrogens is 254 g/mol. The lowest BCUT2D eigenvalue weighted by Gasteiger charge is -2.26. The summed E-state index contributed by atoms with van der Waals surface area (Å²) in [5, 5.41) is 0. The molecule has 0 aromatic heterocycles. The first kappa shape index (κ1) is 14.9. The van der Waals surface area contributed by atoms with Gasteiger partial charge in [-0.3, -0.25) is 0 Å². The molecule has 0 spiro atoms. The third-order valence-corrected chi connectivity index (χ3v) is 3.75. The number of nitrogen functional groups attached to an aromatic ring is 1. The summed E-state index contributed by atoms with van der Waals surface area (Å²) < 4.78 is 11.6. The minimum absolute atomic E-state index is 0.247. The molecule has 4 heteroatoms. The van der Waals surface area contributed by atoms with E-state index in [0.717, 1.165) is 5.56 Å². The zero-order valence-corrected chi connectivity index (χ0v) is 12.8. The summed E-state index contributed by atoms with van der Waals surface area (Å²) in [5.41, 5.74) is 7.09. The summed E-state index contributed by atoms with van der Waals surface area (Å²) in [4.78, 5) is 12.2. The average molecular weight is 277 g/mol. The first-order chi connectivity index (χ1) is 9.11. The molecule has 2 rings (SSSR count). The van der Waals surface area contributed by atoms with Crippen LogP contribution in [0.1, 0.15) is 50.0 Å². The minimum atomic E-state index is -0.470. The van der Waals surface area contributed by atoms with Crippen molar-refractivity contribution in [2.45, 2.75) is 58.3 Å². The number of benzene rings is 1. The van der Waals surface area contributed by atoms with Crippen LogP contribution in [0, 0.1) is 6.92 Å².